The molecule has 1 aromatic carbocycles. The molecule has 1 aliphatic heterocycles. The van der Waals surface area contributed by atoms with Gasteiger partial charge in [-0.2, -0.15) is 5.10 Å². The van der Waals surface area contributed by atoms with Crippen LogP contribution in [0.3, 0.4) is 0 Å². The van der Waals surface area contributed by atoms with E-state index in [0.717, 1.165) is 34.4 Å². The van der Waals surface area contributed by atoms with Gasteiger partial charge < -0.3 is 15.0 Å². The summed E-state index contributed by atoms with van der Waals surface area (Å²) in [7, 11) is 5.34. The summed E-state index contributed by atoms with van der Waals surface area (Å²) in [5.74, 6) is 0.751. The van der Waals surface area contributed by atoms with E-state index in [0.29, 0.717) is 26.2 Å². The van der Waals surface area contributed by atoms with Crippen LogP contribution in [0.1, 0.15) is 28.7 Å². The molecule has 1 aromatic heterocycles. The lowest BCUT2D eigenvalue weighted by Crippen LogP contribution is -2.56. The summed E-state index contributed by atoms with van der Waals surface area (Å²) in [5, 5.41) is 7.08. The molecule has 168 valence electrons. The maximum absolute atomic E-state index is 12.9. The standard InChI is InChI=1S/C23H33N5O3/c1-16-17(2)21(31-5)7-6-19(16)15-28-11-9-24-23(30)20(28)12-22(29)26(3)10-8-18-13-25-27(4)14-18/h6-7,13-14,20H,8-12,15H2,1-5H3,(H,24,30). The number of piperazine rings is 1. The van der Waals surface area contributed by atoms with E-state index in [9.17, 15) is 9.59 Å². The molecule has 1 N–H and O–H groups in total. The Bertz CT molecular complexity index is 939. The minimum Gasteiger partial charge on any atom is -0.496 e. The highest BCUT2D eigenvalue weighted by Gasteiger charge is 2.32. The van der Waals surface area contributed by atoms with Crippen LogP contribution in [0, 0.1) is 13.8 Å². The SMILES string of the molecule is COc1ccc(CN2CCNC(=O)C2CC(=O)N(C)CCc2cnn(C)c2)c(C)c1C. The van der Waals surface area contributed by atoms with Gasteiger partial charge in [0.1, 0.15) is 5.75 Å². The molecular formula is C23H33N5O3. The zero-order chi connectivity index (χ0) is 22.5. The molecule has 0 aliphatic carbocycles. The number of aryl methyl sites for hydroxylation is 1. The summed E-state index contributed by atoms with van der Waals surface area (Å²) in [6.45, 7) is 6.64. The van der Waals surface area contributed by atoms with Crippen LogP contribution in [0.5, 0.6) is 5.75 Å². The van der Waals surface area contributed by atoms with Gasteiger partial charge in [0.2, 0.25) is 11.8 Å². The van der Waals surface area contributed by atoms with Gasteiger partial charge in [0.25, 0.3) is 0 Å². The lowest BCUT2D eigenvalue weighted by molar-refractivity contribution is -0.138. The maximum atomic E-state index is 12.9. The molecular weight excluding hydrogens is 394 g/mol. The third kappa shape index (κ3) is 5.44. The highest BCUT2D eigenvalue weighted by molar-refractivity contribution is 5.88. The number of nitrogens with zero attached hydrogens (tertiary/aromatic N) is 4. The molecule has 1 aliphatic rings. The molecule has 8 nitrogen and oxygen atoms in total. The number of carbonyl (C=O) groups is 2. The van der Waals surface area contributed by atoms with Crippen molar-refractivity contribution >= 4 is 11.8 Å². The van der Waals surface area contributed by atoms with Crippen molar-refractivity contribution in [3.05, 3.63) is 46.8 Å². The number of likely N-dealkylation sites (N-methyl/N-ethyl adjacent to an activating group) is 1. The highest BCUT2D eigenvalue weighted by atomic mass is 16.5. The lowest BCUT2D eigenvalue weighted by atomic mass is 10.00. The number of ether oxygens (including phenoxy) is 1. The lowest BCUT2D eigenvalue weighted by Gasteiger charge is -2.36. The molecule has 31 heavy (non-hydrogen) atoms. The van der Waals surface area contributed by atoms with Crippen LogP contribution < -0.4 is 10.1 Å². The zero-order valence-electron chi connectivity index (χ0n) is 19.1. The Kier molecular flexibility index (Phi) is 7.33. The molecule has 2 heterocycles. The van der Waals surface area contributed by atoms with E-state index in [2.05, 4.69) is 22.2 Å². The second-order valence-corrected chi connectivity index (χ2v) is 8.25. The minimum atomic E-state index is -0.469. The smallest absolute Gasteiger partial charge is 0.237 e. The van der Waals surface area contributed by atoms with Gasteiger partial charge in [-0.1, -0.05) is 6.07 Å². The molecule has 0 radical (unpaired) electrons. The Labute approximate surface area is 184 Å². The van der Waals surface area contributed by atoms with E-state index in [1.165, 1.54) is 0 Å². The first-order valence-corrected chi connectivity index (χ1v) is 10.7. The summed E-state index contributed by atoms with van der Waals surface area (Å²) in [5.41, 5.74) is 4.49. The number of hydrogen-bond donors (Lipinski definition) is 1. The summed E-state index contributed by atoms with van der Waals surface area (Å²) >= 11 is 0. The van der Waals surface area contributed by atoms with Crippen molar-refractivity contribution < 1.29 is 14.3 Å². The molecule has 3 rings (SSSR count). The fourth-order valence-corrected chi connectivity index (χ4v) is 3.98. The fourth-order valence-electron chi connectivity index (χ4n) is 3.98. The molecule has 2 amide bonds. The largest absolute Gasteiger partial charge is 0.496 e. The van der Waals surface area contributed by atoms with Gasteiger partial charge in [-0.15, -0.1) is 0 Å². The zero-order valence-corrected chi connectivity index (χ0v) is 19.1. The Morgan fingerprint density at radius 2 is 2.10 bits per heavy atom. The van der Waals surface area contributed by atoms with Crippen LogP contribution >= 0.6 is 0 Å². The number of benzene rings is 1. The van der Waals surface area contributed by atoms with E-state index in [-0.39, 0.29) is 18.2 Å². The average Bonchev–Trinajstić information content (AvgIpc) is 3.17. The third-order valence-electron chi connectivity index (χ3n) is 6.17. The van der Waals surface area contributed by atoms with Crippen molar-refractivity contribution in [3.63, 3.8) is 0 Å². The van der Waals surface area contributed by atoms with Gasteiger partial charge in [-0.3, -0.25) is 19.2 Å². The number of amides is 2. The van der Waals surface area contributed by atoms with E-state index >= 15 is 0 Å². The molecule has 8 heteroatoms. The number of rotatable bonds is 8. The van der Waals surface area contributed by atoms with Crippen molar-refractivity contribution in [3.8, 4) is 5.75 Å². The Balaban J connectivity index is 1.65. The van der Waals surface area contributed by atoms with Crippen LogP contribution in [-0.4, -0.2) is 71.2 Å². The first-order valence-electron chi connectivity index (χ1n) is 10.7. The van der Waals surface area contributed by atoms with Gasteiger partial charge in [-0.05, 0) is 48.6 Å². The molecule has 1 fully saturated rings. The summed E-state index contributed by atoms with van der Waals surface area (Å²) in [6, 6.07) is 3.55. The predicted octanol–water partition coefficient (Wildman–Crippen LogP) is 1.44. The normalized spacial score (nSPS) is 16.8. The monoisotopic (exact) mass is 427 g/mol. The van der Waals surface area contributed by atoms with Crippen LogP contribution in [0.4, 0.5) is 0 Å². The first kappa shape index (κ1) is 22.8. The average molecular weight is 428 g/mol. The van der Waals surface area contributed by atoms with Gasteiger partial charge in [-0.25, -0.2) is 0 Å². The number of methoxy groups -OCH3 is 1. The Morgan fingerprint density at radius 1 is 1.32 bits per heavy atom. The molecule has 0 saturated carbocycles. The Morgan fingerprint density at radius 3 is 2.77 bits per heavy atom. The van der Waals surface area contributed by atoms with Crippen LogP contribution in [0.2, 0.25) is 0 Å². The van der Waals surface area contributed by atoms with Crippen LogP contribution in [-0.2, 0) is 29.6 Å². The molecule has 2 aromatic rings. The number of aromatic nitrogens is 2. The molecule has 1 unspecified atom stereocenters. The predicted molar refractivity (Wildman–Crippen MR) is 119 cm³/mol. The first-order chi connectivity index (χ1) is 14.8. The third-order valence-corrected chi connectivity index (χ3v) is 6.17. The molecule has 1 atom stereocenters. The fraction of sp³-hybridized carbons (Fsp3) is 0.522. The van der Waals surface area contributed by atoms with Gasteiger partial charge in [0, 0.05) is 46.5 Å². The van der Waals surface area contributed by atoms with Crippen LogP contribution in [0.25, 0.3) is 0 Å². The second-order valence-electron chi connectivity index (χ2n) is 8.25. The summed E-state index contributed by atoms with van der Waals surface area (Å²) < 4.78 is 7.17. The highest BCUT2D eigenvalue weighted by Crippen LogP contribution is 2.26. The number of hydrogen-bond acceptors (Lipinski definition) is 5. The molecule has 0 bridgehead atoms. The van der Waals surface area contributed by atoms with Crippen molar-refractivity contribution in [1.29, 1.82) is 0 Å². The maximum Gasteiger partial charge on any atom is 0.237 e. The van der Waals surface area contributed by atoms with Crippen molar-refractivity contribution in [2.45, 2.75) is 39.3 Å². The summed E-state index contributed by atoms with van der Waals surface area (Å²) in [4.78, 5) is 29.3. The molecule has 0 spiro atoms. The quantitative estimate of drug-likeness (QED) is 0.690. The van der Waals surface area contributed by atoms with E-state index in [1.807, 2.05) is 38.5 Å². The van der Waals surface area contributed by atoms with Gasteiger partial charge >= 0.3 is 0 Å². The van der Waals surface area contributed by atoms with Gasteiger partial charge in [0.15, 0.2) is 0 Å². The molecule has 1 saturated heterocycles. The van der Waals surface area contributed by atoms with Gasteiger partial charge in [0.05, 0.1) is 25.8 Å². The van der Waals surface area contributed by atoms with Crippen molar-refractivity contribution in [1.82, 2.24) is 24.9 Å². The van der Waals surface area contributed by atoms with Crippen molar-refractivity contribution in [2.24, 2.45) is 7.05 Å². The summed E-state index contributed by atoms with van der Waals surface area (Å²) in [6.07, 6.45) is 4.67. The van der Waals surface area contributed by atoms with E-state index in [4.69, 9.17) is 4.74 Å². The minimum absolute atomic E-state index is 0.0291. The Hall–Kier alpha value is -2.87. The number of nitrogens with one attached hydrogen (secondary N) is 1. The number of carbonyl (C=O) groups excluding carboxylic acids is 2. The van der Waals surface area contributed by atoms with Crippen molar-refractivity contribution in [2.75, 3.05) is 33.8 Å². The van der Waals surface area contributed by atoms with E-state index in [1.54, 1.807) is 23.7 Å². The topological polar surface area (TPSA) is 79.7 Å². The van der Waals surface area contributed by atoms with E-state index < -0.39 is 6.04 Å². The second kappa shape index (κ2) is 9.96. The van der Waals surface area contributed by atoms with Crippen LogP contribution in [0.15, 0.2) is 24.5 Å².